The summed E-state index contributed by atoms with van der Waals surface area (Å²) in [7, 11) is -3.62. The van der Waals surface area contributed by atoms with Gasteiger partial charge in [-0.3, -0.25) is 10.1 Å². The number of hydrogen-bond acceptors (Lipinski definition) is 11. The topological polar surface area (TPSA) is 161 Å². The van der Waals surface area contributed by atoms with Gasteiger partial charge in [-0.05, 0) is 42.8 Å². The second-order valence-corrected chi connectivity index (χ2v) is 9.34. The van der Waals surface area contributed by atoms with E-state index in [2.05, 4.69) is 14.7 Å². The summed E-state index contributed by atoms with van der Waals surface area (Å²) in [6, 6.07) is 9.26. The maximum Gasteiger partial charge on any atom is 0.379 e. The molecule has 0 radical (unpaired) electrons. The van der Waals surface area contributed by atoms with E-state index < -0.39 is 21.7 Å². The van der Waals surface area contributed by atoms with Crippen molar-refractivity contribution in [1.82, 2.24) is 9.36 Å². The van der Waals surface area contributed by atoms with Crippen LogP contribution in [0.5, 0.6) is 11.5 Å². The Morgan fingerprint density at radius 2 is 2.06 bits per heavy atom. The number of rotatable bonds is 9. The molecule has 0 spiro atoms. The molecule has 0 saturated heterocycles. The fourth-order valence-electron chi connectivity index (χ4n) is 2.51. The van der Waals surface area contributed by atoms with Crippen molar-refractivity contribution in [1.29, 1.82) is 5.26 Å². The average molecular weight is 503 g/mol. The summed E-state index contributed by atoms with van der Waals surface area (Å²) in [5.41, 5.74) is 0.136. The second-order valence-electron chi connectivity index (χ2n) is 6.42. The fourth-order valence-corrected chi connectivity index (χ4v) is 4.09. The molecule has 1 N–H and O–H groups in total. The largest absolute Gasteiger partial charge is 0.490 e. The number of furan rings is 1. The van der Waals surface area contributed by atoms with Gasteiger partial charge in [0.1, 0.15) is 11.6 Å². The zero-order valence-electron chi connectivity index (χ0n) is 18.0. The molecule has 3 rings (SSSR count). The Kier molecular flexibility index (Phi) is 7.77. The first-order valence-electron chi connectivity index (χ1n) is 9.79. The number of carbonyl (C=O) groups excluding carboxylic acids is 2. The Balaban J connectivity index is 1.80. The SMILES string of the molecule is CCOc1cc(/C=C(/C#N)C(=O)Nc2nc(S(=O)(=O)CC)ns2)ccc1OC(=O)c1ccco1. The van der Waals surface area contributed by atoms with Crippen LogP contribution in [-0.2, 0) is 14.6 Å². The number of esters is 1. The van der Waals surface area contributed by atoms with Crippen LogP contribution >= 0.6 is 11.5 Å². The molecule has 176 valence electrons. The van der Waals surface area contributed by atoms with Crippen molar-refractivity contribution in [3.63, 3.8) is 0 Å². The van der Waals surface area contributed by atoms with Crippen molar-refractivity contribution in [2.75, 3.05) is 17.7 Å². The molecule has 0 bridgehead atoms. The van der Waals surface area contributed by atoms with Gasteiger partial charge in [-0.15, -0.1) is 0 Å². The summed E-state index contributed by atoms with van der Waals surface area (Å²) >= 11 is 0.685. The predicted octanol–water partition coefficient (Wildman–Crippen LogP) is 3.09. The summed E-state index contributed by atoms with van der Waals surface area (Å²) in [4.78, 5) is 28.5. The minimum absolute atomic E-state index is 0.0152. The van der Waals surface area contributed by atoms with E-state index in [9.17, 15) is 23.3 Å². The number of sulfone groups is 1. The predicted molar refractivity (Wildman–Crippen MR) is 121 cm³/mol. The van der Waals surface area contributed by atoms with E-state index in [4.69, 9.17) is 13.9 Å². The van der Waals surface area contributed by atoms with Crippen molar-refractivity contribution >= 4 is 44.5 Å². The molecule has 0 unspecified atom stereocenters. The van der Waals surface area contributed by atoms with Gasteiger partial charge in [0, 0.05) is 11.5 Å². The number of amides is 1. The van der Waals surface area contributed by atoms with Crippen LogP contribution in [0, 0.1) is 11.3 Å². The van der Waals surface area contributed by atoms with E-state index in [1.165, 1.54) is 43.5 Å². The van der Waals surface area contributed by atoms with Crippen LogP contribution < -0.4 is 14.8 Å². The van der Waals surface area contributed by atoms with E-state index in [1.54, 1.807) is 19.1 Å². The molecular weight excluding hydrogens is 484 g/mol. The molecule has 0 fully saturated rings. The highest BCUT2D eigenvalue weighted by molar-refractivity contribution is 7.91. The third-order valence-electron chi connectivity index (χ3n) is 4.15. The van der Waals surface area contributed by atoms with E-state index >= 15 is 0 Å². The van der Waals surface area contributed by atoms with Crippen LogP contribution in [-0.4, -0.2) is 42.0 Å². The molecule has 2 aromatic heterocycles. The molecule has 2 heterocycles. The Labute approximate surface area is 198 Å². The third-order valence-corrected chi connectivity index (χ3v) is 6.40. The molecule has 0 atom stereocenters. The summed E-state index contributed by atoms with van der Waals surface area (Å²) in [6.45, 7) is 3.46. The summed E-state index contributed by atoms with van der Waals surface area (Å²) < 4.78 is 43.2. The monoisotopic (exact) mass is 502 g/mol. The first-order valence-corrected chi connectivity index (χ1v) is 12.2. The number of carbonyl (C=O) groups is 2. The second kappa shape index (κ2) is 10.7. The molecule has 34 heavy (non-hydrogen) atoms. The Hall–Kier alpha value is -4.02. The van der Waals surface area contributed by atoms with Crippen LogP contribution in [0.1, 0.15) is 30.0 Å². The summed E-state index contributed by atoms with van der Waals surface area (Å²) in [5.74, 6) is -1.34. The van der Waals surface area contributed by atoms with E-state index in [0.717, 1.165) is 0 Å². The number of nitrogens with one attached hydrogen (secondary N) is 1. The minimum Gasteiger partial charge on any atom is -0.490 e. The van der Waals surface area contributed by atoms with Crippen LogP contribution in [0.2, 0.25) is 0 Å². The summed E-state index contributed by atoms with van der Waals surface area (Å²) in [6.07, 6.45) is 2.63. The van der Waals surface area contributed by atoms with Crippen LogP contribution in [0.15, 0.2) is 51.7 Å². The maximum atomic E-state index is 12.5. The van der Waals surface area contributed by atoms with Gasteiger partial charge in [-0.2, -0.15) is 14.6 Å². The number of benzene rings is 1. The first kappa shape index (κ1) is 24.6. The summed E-state index contributed by atoms with van der Waals surface area (Å²) in [5, 5.41) is 11.4. The molecule has 11 nitrogen and oxygen atoms in total. The molecule has 0 aliphatic heterocycles. The van der Waals surface area contributed by atoms with Gasteiger partial charge in [-0.1, -0.05) is 13.0 Å². The Morgan fingerprint density at radius 3 is 2.71 bits per heavy atom. The number of hydrogen-bond donors (Lipinski definition) is 1. The highest BCUT2D eigenvalue weighted by Gasteiger charge is 2.20. The van der Waals surface area contributed by atoms with Gasteiger partial charge in [0.25, 0.3) is 11.1 Å². The van der Waals surface area contributed by atoms with Gasteiger partial charge < -0.3 is 13.9 Å². The van der Waals surface area contributed by atoms with Gasteiger partial charge in [0.15, 0.2) is 11.5 Å². The van der Waals surface area contributed by atoms with Gasteiger partial charge in [-0.25, -0.2) is 13.2 Å². The van der Waals surface area contributed by atoms with Crippen LogP contribution in [0.4, 0.5) is 5.13 Å². The first-order chi connectivity index (χ1) is 16.3. The molecule has 1 amide bonds. The average Bonchev–Trinajstić information content (AvgIpc) is 3.52. The van der Waals surface area contributed by atoms with Crippen molar-refractivity contribution in [2.45, 2.75) is 19.0 Å². The lowest BCUT2D eigenvalue weighted by atomic mass is 10.1. The molecule has 1 aromatic carbocycles. The number of nitrogens with zero attached hydrogens (tertiary/aromatic N) is 3. The number of anilines is 1. The lowest BCUT2D eigenvalue weighted by Crippen LogP contribution is -2.14. The van der Waals surface area contributed by atoms with E-state index in [1.807, 2.05) is 0 Å². The molecule has 0 aliphatic carbocycles. The number of aromatic nitrogens is 2. The number of ether oxygens (including phenoxy) is 2. The van der Waals surface area contributed by atoms with Crippen molar-refractivity contribution in [3.05, 3.63) is 53.5 Å². The Morgan fingerprint density at radius 1 is 1.26 bits per heavy atom. The van der Waals surface area contributed by atoms with Crippen LogP contribution in [0.3, 0.4) is 0 Å². The van der Waals surface area contributed by atoms with Gasteiger partial charge in [0.2, 0.25) is 20.7 Å². The highest BCUT2D eigenvalue weighted by atomic mass is 32.2. The standard InChI is InChI=1S/C21H18N4O7S2/c1-3-30-17-11-13(7-8-15(17)32-19(27)16-6-5-9-31-16)10-14(12-22)18(26)23-20-24-21(25-33-20)34(28,29)4-2/h5-11H,3-4H2,1-2H3,(H,23,24,25,26)/b14-10-. The van der Waals surface area contributed by atoms with Crippen molar-refractivity contribution in [2.24, 2.45) is 0 Å². The zero-order chi connectivity index (χ0) is 24.7. The Bertz CT molecular complexity index is 1370. The van der Waals surface area contributed by atoms with Gasteiger partial charge in [0.05, 0.1) is 18.6 Å². The lowest BCUT2D eigenvalue weighted by Gasteiger charge is -2.11. The quantitative estimate of drug-likeness (QED) is 0.199. The van der Waals surface area contributed by atoms with Crippen molar-refractivity contribution < 1.29 is 31.9 Å². The van der Waals surface area contributed by atoms with E-state index in [0.29, 0.717) is 17.1 Å². The van der Waals surface area contributed by atoms with E-state index in [-0.39, 0.29) is 45.5 Å². The van der Waals surface area contributed by atoms with Crippen LogP contribution in [0.25, 0.3) is 6.08 Å². The van der Waals surface area contributed by atoms with Gasteiger partial charge >= 0.3 is 5.97 Å². The lowest BCUT2D eigenvalue weighted by molar-refractivity contribution is -0.112. The number of nitriles is 1. The highest BCUT2D eigenvalue weighted by Crippen LogP contribution is 2.30. The molecule has 3 aromatic rings. The van der Waals surface area contributed by atoms with Crippen molar-refractivity contribution in [3.8, 4) is 17.6 Å². The fraction of sp³-hybridized carbons (Fsp3) is 0.190. The molecule has 0 saturated carbocycles. The minimum atomic E-state index is -3.62. The molecule has 0 aliphatic rings. The smallest absolute Gasteiger partial charge is 0.379 e. The maximum absolute atomic E-state index is 12.5. The zero-order valence-corrected chi connectivity index (χ0v) is 19.6. The normalized spacial score (nSPS) is 11.5. The molecule has 13 heteroatoms. The molecular formula is C21H18N4O7S2. The third kappa shape index (κ3) is 5.85.